The fourth-order valence-electron chi connectivity index (χ4n) is 2.71. The van der Waals surface area contributed by atoms with Crippen LogP contribution in [0.5, 0.6) is 0 Å². The van der Waals surface area contributed by atoms with Crippen molar-refractivity contribution in [3.63, 3.8) is 0 Å². The van der Waals surface area contributed by atoms with Crippen LogP contribution in [0.1, 0.15) is 42.1 Å². The van der Waals surface area contributed by atoms with Gasteiger partial charge in [0.05, 0.1) is 12.2 Å². The van der Waals surface area contributed by atoms with Gasteiger partial charge in [0.25, 0.3) is 0 Å². The van der Waals surface area contributed by atoms with Gasteiger partial charge in [-0.2, -0.15) is 5.26 Å². The van der Waals surface area contributed by atoms with E-state index < -0.39 is 0 Å². The van der Waals surface area contributed by atoms with E-state index in [1.165, 1.54) is 24.0 Å². The van der Waals surface area contributed by atoms with E-state index >= 15 is 0 Å². The molecule has 1 aromatic heterocycles. The monoisotopic (exact) mass is 259 g/mol. The Hall–Kier alpha value is -1.60. The Morgan fingerprint density at radius 2 is 2.05 bits per heavy atom. The van der Waals surface area contributed by atoms with Gasteiger partial charge in [-0.1, -0.05) is 6.92 Å². The highest BCUT2D eigenvalue weighted by Crippen LogP contribution is 2.30. The van der Waals surface area contributed by atoms with Gasteiger partial charge >= 0.3 is 0 Å². The molecule has 2 rings (SSSR count). The molecule has 102 valence electrons. The van der Waals surface area contributed by atoms with Gasteiger partial charge in [-0.25, -0.2) is 4.98 Å². The van der Waals surface area contributed by atoms with Crippen molar-refractivity contribution in [1.82, 2.24) is 4.98 Å². The van der Waals surface area contributed by atoms with E-state index in [0.29, 0.717) is 13.2 Å². The third-order valence-corrected chi connectivity index (χ3v) is 3.65. The molecular weight excluding hydrogens is 238 g/mol. The molecule has 0 amide bonds. The molecule has 0 radical (unpaired) electrons. The van der Waals surface area contributed by atoms with Crippen molar-refractivity contribution in [3.05, 3.63) is 22.4 Å². The molecule has 1 N–H and O–H groups in total. The maximum absolute atomic E-state index is 9.43. The molecule has 1 aromatic rings. The number of anilines is 1. The highest BCUT2D eigenvalue weighted by Gasteiger charge is 2.20. The quantitative estimate of drug-likeness (QED) is 0.825. The Bertz CT molecular complexity index is 491. The lowest BCUT2D eigenvalue weighted by atomic mass is 9.87. The molecule has 0 saturated carbocycles. The highest BCUT2D eigenvalue weighted by atomic mass is 16.5. The molecule has 0 saturated heterocycles. The maximum atomic E-state index is 9.43. The van der Waals surface area contributed by atoms with Gasteiger partial charge in [0.1, 0.15) is 11.9 Å². The molecule has 4 nitrogen and oxygen atoms in total. The molecule has 0 unspecified atom stereocenters. The summed E-state index contributed by atoms with van der Waals surface area (Å²) in [6.07, 6.45) is 5.38. The average molecular weight is 259 g/mol. The molecule has 1 aliphatic carbocycles. The lowest BCUT2D eigenvalue weighted by Gasteiger charge is -2.22. The van der Waals surface area contributed by atoms with Gasteiger partial charge < -0.3 is 10.1 Å². The van der Waals surface area contributed by atoms with Crippen LogP contribution in [-0.4, -0.2) is 25.2 Å². The van der Waals surface area contributed by atoms with Crippen LogP contribution in [0.3, 0.4) is 0 Å². The zero-order valence-electron chi connectivity index (χ0n) is 11.8. The van der Waals surface area contributed by atoms with Gasteiger partial charge in [-0.15, -0.1) is 0 Å². The second-order valence-corrected chi connectivity index (χ2v) is 4.83. The third kappa shape index (κ3) is 2.87. The van der Waals surface area contributed by atoms with Gasteiger partial charge in [0, 0.05) is 19.3 Å². The molecule has 4 heteroatoms. The minimum Gasteiger partial charge on any atom is -0.383 e. The lowest BCUT2D eigenvalue weighted by Crippen LogP contribution is -2.16. The first kappa shape index (κ1) is 13.8. The summed E-state index contributed by atoms with van der Waals surface area (Å²) >= 11 is 0. The first-order valence-corrected chi connectivity index (χ1v) is 6.99. The van der Waals surface area contributed by atoms with Crippen LogP contribution in [0.2, 0.25) is 0 Å². The molecule has 0 bridgehead atoms. The smallest absolute Gasteiger partial charge is 0.144 e. The molecular formula is C15H21N3O. The molecule has 0 fully saturated rings. The van der Waals surface area contributed by atoms with Crippen molar-refractivity contribution in [2.24, 2.45) is 0 Å². The van der Waals surface area contributed by atoms with Crippen molar-refractivity contribution in [1.29, 1.82) is 5.26 Å². The summed E-state index contributed by atoms with van der Waals surface area (Å²) in [7, 11) is 1.67. The number of nitriles is 1. The largest absolute Gasteiger partial charge is 0.383 e. The minimum atomic E-state index is 0.616. The van der Waals surface area contributed by atoms with Crippen molar-refractivity contribution >= 4 is 5.82 Å². The number of aryl methyl sites for hydroxylation is 1. The standard InChI is InChI=1S/C15H21N3O/c1-3-14-12-7-5-4-6-11(12)13(10-16)15(18-14)17-8-9-19-2/h3-9H2,1-2H3,(H,17,18). The zero-order valence-corrected chi connectivity index (χ0v) is 11.8. The van der Waals surface area contributed by atoms with E-state index in [9.17, 15) is 5.26 Å². The second kappa shape index (κ2) is 6.53. The van der Waals surface area contributed by atoms with Crippen LogP contribution >= 0.6 is 0 Å². The van der Waals surface area contributed by atoms with Gasteiger partial charge in [0.2, 0.25) is 0 Å². The number of fused-ring (bicyclic) bond motifs is 1. The summed E-state index contributed by atoms with van der Waals surface area (Å²) in [6.45, 7) is 3.42. The van der Waals surface area contributed by atoms with Crippen molar-refractivity contribution < 1.29 is 4.74 Å². The SMILES string of the molecule is CCc1nc(NCCOC)c(C#N)c2c1CCCC2. The summed E-state index contributed by atoms with van der Waals surface area (Å²) in [5.41, 5.74) is 4.43. The number of ether oxygens (including phenoxy) is 1. The maximum Gasteiger partial charge on any atom is 0.144 e. The van der Waals surface area contributed by atoms with Crippen molar-refractivity contribution in [2.45, 2.75) is 39.0 Å². The summed E-state index contributed by atoms with van der Waals surface area (Å²) in [6, 6.07) is 2.34. The molecule has 0 spiro atoms. The van der Waals surface area contributed by atoms with Crippen molar-refractivity contribution in [2.75, 3.05) is 25.6 Å². The van der Waals surface area contributed by atoms with E-state index in [2.05, 4.69) is 23.3 Å². The van der Waals surface area contributed by atoms with Crippen LogP contribution in [0.15, 0.2) is 0 Å². The Morgan fingerprint density at radius 3 is 2.68 bits per heavy atom. The normalized spacial score (nSPS) is 13.7. The second-order valence-electron chi connectivity index (χ2n) is 4.83. The first-order chi connectivity index (χ1) is 9.31. The fraction of sp³-hybridized carbons (Fsp3) is 0.600. The molecule has 0 aromatic carbocycles. The minimum absolute atomic E-state index is 0.616. The van der Waals surface area contributed by atoms with E-state index in [0.717, 1.165) is 36.3 Å². The zero-order chi connectivity index (χ0) is 13.7. The number of nitrogens with one attached hydrogen (secondary N) is 1. The van der Waals surface area contributed by atoms with E-state index in [4.69, 9.17) is 4.74 Å². The van der Waals surface area contributed by atoms with Crippen LogP contribution in [0, 0.1) is 11.3 Å². The number of nitrogens with zero attached hydrogens (tertiary/aromatic N) is 2. The van der Waals surface area contributed by atoms with E-state index in [-0.39, 0.29) is 0 Å². The van der Waals surface area contributed by atoms with Crippen molar-refractivity contribution in [3.8, 4) is 6.07 Å². The number of hydrogen-bond donors (Lipinski definition) is 1. The molecule has 0 atom stereocenters. The van der Waals surface area contributed by atoms with Crippen LogP contribution in [0.25, 0.3) is 0 Å². The van der Waals surface area contributed by atoms with Crippen LogP contribution in [0.4, 0.5) is 5.82 Å². The Labute approximate surface area is 114 Å². The summed E-state index contributed by atoms with van der Waals surface area (Å²) in [5, 5.41) is 12.7. The molecule has 1 aliphatic rings. The third-order valence-electron chi connectivity index (χ3n) is 3.65. The van der Waals surface area contributed by atoms with Gasteiger partial charge in [-0.3, -0.25) is 0 Å². The predicted octanol–water partition coefficient (Wildman–Crippen LogP) is 2.45. The summed E-state index contributed by atoms with van der Waals surface area (Å²) in [5.74, 6) is 0.733. The van der Waals surface area contributed by atoms with Gasteiger partial charge in [-0.05, 0) is 43.2 Å². The summed E-state index contributed by atoms with van der Waals surface area (Å²) in [4.78, 5) is 4.66. The molecule has 0 aliphatic heterocycles. The van der Waals surface area contributed by atoms with Crippen LogP contribution < -0.4 is 5.32 Å². The average Bonchev–Trinajstić information content (AvgIpc) is 2.46. The Balaban J connectivity index is 2.39. The number of rotatable bonds is 5. The topological polar surface area (TPSA) is 57.9 Å². The fourth-order valence-corrected chi connectivity index (χ4v) is 2.71. The Morgan fingerprint density at radius 1 is 1.32 bits per heavy atom. The highest BCUT2D eigenvalue weighted by molar-refractivity contribution is 5.60. The van der Waals surface area contributed by atoms with Gasteiger partial charge in [0.15, 0.2) is 0 Å². The van der Waals surface area contributed by atoms with Crippen LogP contribution in [-0.2, 0) is 24.0 Å². The predicted molar refractivity (Wildman–Crippen MR) is 75.3 cm³/mol. The van der Waals surface area contributed by atoms with E-state index in [1.807, 2.05) is 0 Å². The number of hydrogen-bond acceptors (Lipinski definition) is 4. The lowest BCUT2D eigenvalue weighted by molar-refractivity contribution is 0.210. The molecule has 19 heavy (non-hydrogen) atoms. The molecule has 1 heterocycles. The first-order valence-electron chi connectivity index (χ1n) is 6.99. The Kier molecular flexibility index (Phi) is 4.75. The summed E-state index contributed by atoms with van der Waals surface area (Å²) < 4.78 is 5.03. The number of methoxy groups -OCH3 is 1. The number of pyridine rings is 1. The number of aromatic nitrogens is 1. The van der Waals surface area contributed by atoms with E-state index in [1.54, 1.807) is 7.11 Å².